The van der Waals surface area contributed by atoms with Crippen LogP contribution in [0.4, 0.5) is 0 Å². The molecule has 0 aromatic carbocycles. The summed E-state index contributed by atoms with van der Waals surface area (Å²) in [6.45, 7) is 14.2. The van der Waals surface area contributed by atoms with Crippen molar-refractivity contribution in [2.45, 2.75) is 109 Å². The molecule has 0 aromatic rings. The summed E-state index contributed by atoms with van der Waals surface area (Å²) in [5.41, 5.74) is 3.79. The molecule has 0 aromatic heterocycles. The Morgan fingerprint density at radius 3 is 2.56 bits per heavy atom. The van der Waals surface area contributed by atoms with Crippen LogP contribution >= 0.6 is 0 Å². The molecule has 0 aliphatic carbocycles. The van der Waals surface area contributed by atoms with Gasteiger partial charge in [-0.2, -0.15) is 0 Å². The quantitative estimate of drug-likeness (QED) is 0.135. The Kier molecular flexibility index (Phi) is 11.2. The van der Waals surface area contributed by atoms with Gasteiger partial charge in [0, 0.05) is 51.0 Å². The molecule has 4 heterocycles. The van der Waals surface area contributed by atoms with E-state index in [1.165, 1.54) is 6.42 Å². The molecule has 0 amide bonds. The van der Waals surface area contributed by atoms with Crippen molar-refractivity contribution < 1.29 is 14.6 Å². The van der Waals surface area contributed by atoms with Crippen LogP contribution in [-0.4, -0.2) is 110 Å². The second kappa shape index (κ2) is 14.1. The zero-order valence-electron chi connectivity index (χ0n) is 22.8. The first-order valence-corrected chi connectivity index (χ1v) is 14.4. The van der Waals surface area contributed by atoms with Crippen molar-refractivity contribution in [2.24, 2.45) is 5.92 Å². The standard InChI is InChI=1S/C25H52N8O3/c1-5-19-21-22(33(31-19)14-15-35-6-2)23(28-20-16-17(4)8-11-26-20)30-24(29-21)27-18-9-12-32(13-10-18)25(34)36-7-3/h17-31,34H,5-16H2,1-4H3. The van der Waals surface area contributed by atoms with Gasteiger partial charge in [-0.25, -0.2) is 10.4 Å². The highest BCUT2D eigenvalue weighted by Gasteiger charge is 2.49. The topological polar surface area (TPSA) is 117 Å². The van der Waals surface area contributed by atoms with Crippen molar-refractivity contribution in [1.29, 1.82) is 0 Å². The fourth-order valence-corrected chi connectivity index (χ4v) is 6.27. The number of likely N-dealkylation sites (tertiary alicyclic amines) is 1. The molecule has 4 rings (SSSR count). The number of fused-ring (bicyclic) bond motifs is 1. The molecular formula is C25H52N8O3. The highest BCUT2D eigenvalue weighted by atomic mass is 16.6. The van der Waals surface area contributed by atoms with Gasteiger partial charge in [0.15, 0.2) is 0 Å². The first-order chi connectivity index (χ1) is 17.5. The van der Waals surface area contributed by atoms with Gasteiger partial charge in [0.25, 0.3) is 0 Å². The van der Waals surface area contributed by atoms with E-state index in [1.54, 1.807) is 0 Å². The second-order valence-electron chi connectivity index (χ2n) is 10.9. The second-order valence-corrected chi connectivity index (χ2v) is 10.9. The number of aliphatic hydroxyl groups is 1. The number of hydrazine groups is 1. The van der Waals surface area contributed by atoms with Crippen molar-refractivity contribution in [3.63, 3.8) is 0 Å². The molecule has 210 valence electrons. The Hall–Kier alpha value is -0.440. The minimum Gasteiger partial charge on any atom is -0.380 e. The minimum atomic E-state index is -0.792. The molecule has 4 aliphatic rings. The van der Waals surface area contributed by atoms with E-state index in [0.29, 0.717) is 30.9 Å². The molecule has 36 heavy (non-hydrogen) atoms. The summed E-state index contributed by atoms with van der Waals surface area (Å²) in [4.78, 5) is 2.02. The molecule has 11 nitrogen and oxygen atoms in total. The molecule has 0 bridgehead atoms. The van der Waals surface area contributed by atoms with Gasteiger partial charge in [0.05, 0.1) is 25.0 Å². The lowest BCUT2D eigenvalue weighted by Gasteiger charge is -2.47. The predicted octanol–water partition coefficient (Wildman–Crippen LogP) is -0.537. The van der Waals surface area contributed by atoms with Crippen molar-refractivity contribution >= 4 is 0 Å². The van der Waals surface area contributed by atoms with Crippen LogP contribution in [0, 0.1) is 5.92 Å². The highest BCUT2D eigenvalue weighted by molar-refractivity contribution is 5.07. The van der Waals surface area contributed by atoms with Gasteiger partial charge >= 0.3 is 0 Å². The Labute approximate surface area is 217 Å². The fourth-order valence-electron chi connectivity index (χ4n) is 6.27. The Balaban J connectivity index is 1.40. The summed E-state index contributed by atoms with van der Waals surface area (Å²) in [6, 6.07) is 1.34. The van der Waals surface area contributed by atoms with Crippen LogP contribution in [-0.2, 0) is 9.47 Å². The Morgan fingerprint density at radius 2 is 1.86 bits per heavy atom. The van der Waals surface area contributed by atoms with E-state index in [4.69, 9.17) is 9.47 Å². The van der Waals surface area contributed by atoms with E-state index in [9.17, 15) is 5.11 Å². The van der Waals surface area contributed by atoms with Crippen LogP contribution in [0.25, 0.3) is 0 Å². The van der Waals surface area contributed by atoms with Crippen LogP contribution in [0.1, 0.15) is 59.8 Å². The van der Waals surface area contributed by atoms with Gasteiger partial charge in [-0.05, 0) is 58.4 Å². The summed E-state index contributed by atoms with van der Waals surface area (Å²) in [5, 5.41) is 31.8. The SMILES string of the molecule is CCOCCN1NC(CC)C2NC(NC3CCN(C(O)OCC)CC3)NC(NC3CC(C)CCN3)C21. The predicted molar refractivity (Wildman–Crippen MR) is 141 cm³/mol. The molecule has 0 spiro atoms. The monoisotopic (exact) mass is 512 g/mol. The van der Waals surface area contributed by atoms with E-state index in [2.05, 4.69) is 57.8 Å². The van der Waals surface area contributed by atoms with E-state index in [1.807, 2.05) is 11.8 Å². The van der Waals surface area contributed by atoms with Gasteiger partial charge in [-0.15, -0.1) is 0 Å². The van der Waals surface area contributed by atoms with E-state index in [0.717, 1.165) is 71.0 Å². The fraction of sp³-hybridized carbons (Fsp3) is 1.00. The average Bonchev–Trinajstić information content (AvgIpc) is 3.22. The number of nitrogens with one attached hydrogen (secondary N) is 6. The Morgan fingerprint density at radius 1 is 1.06 bits per heavy atom. The summed E-state index contributed by atoms with van der Waals surface area (Å²) >= 11 is 0. The number of nitrogens with zero attached hydrogens (tertiary/aromatic N) is 2. The Bertz CT molecular complexity index is 640. The summed E-state index contributed by atoms with van der Waals surface area (Å²) in [7, 11) is 0. The van der Waals surface area contributed by atoms with Crippen molar-refractivity contribution in [3.8, 4) is 0 Å². The molecule has 4 aliphatic heterocycles. The third kappa shape index (κ3) is 7.35. The molecule has 8 atom stereocenters. The first-order valence-electron chi connectivity index (χ1n) is 14.4. The third-order valence-electron chi connectivity index (χ3n) is 8.27. The maximum atomic E-state index is 10.2. The third-order valence-corrected chi connectivity index (χ3v) is 8.27. The van der Waals surface area contributed by atoms with Crippen molar-refractivity contribution in [1.82, 2.24) is 41.9 Å². The normalized spacial score (nSPS) is 37.8. The van der Waals surface area contributed by atoms with Gasteiger partial charge < -0.3 is 19.9 Å². The first kappa shape index (κ1) is 28.6. The summed E-state index contributed by atoms with van der Waals surface area (Å²) < 4.78 is 11.1. The number of hydrogen-bond donors (Lipinski definition) is 7. The van der Waals surface area contributed by atoms with Gasteiger partial charge in [-0.1, -0.05) is 13.8 Å². The van der Waals surface area contributed by atoms with Crippen molar-refractivity contribution in [2.75, 3.05) is 46.0 Å². The van der Waals surface area contributed by atoms with Gasteiger partial charge in [0.1, 0.15) is 6.29 Å². The number of hydrogen-bond acceptors (Lipinski definition) is 11. The number of piperidine rings is 2. The lowest BCUT2D eigenvalue weighted by atomic mass is 9.94. The van der Waals surface area contributed by atoms with Gasteiger partial charge in [-0.3, -0.25) is 26.2 Å². The smallest absolute Gasteiger partial charge is 0.216 e. The maximum absolute atomic E-state index is 10.2. The highest BCUT2D eigenvalue weighted by Crippen LogP contribution is 2.25. The minimum absolute atomic E-state index is 0.0146. The average molecular weight is 513 g/mol. The van der Waals surface area contributed by atoms with Crippen LogP contribution in [0.15, 0.2) is 0 Å². The maximum Gasteiger partial charge on any atom is 0.216 e. The van der Waals surface area contributed by atoms with Crippen LogP contribution in [0.3, 0.4) is 0 Å². The van der Waals surface area contributed by atoms with Crippen LogP contribution < -0.4 is 32.0 Å². The zero-order valence-corrected chi connectivity index (χ0v) is 22.8. The zero-order chi connectivity index (χ0) is 25.5. The largest absolute Gasteiger partial charge is 0.380 e. The molecule has 4 fully saturated rings. The number of rotatable bonds is 12. The van der Waals surface area contributed by atoms with Crippen LogP contribution in [0.2, 0.25) is 0 Å². The lowest BCUT2D eigenvalue weighted by molar-refractivity contribution is -0.195. The molecule has 8 unspecified atom stereocenters. The summed E-state index contributed by atoms with van der Waals surface area (Å²) in [6.07, 6.45) is 5.06. The number of aliphatic hydroxyl groups excluding tert-OH is 1. The van der Waals surface area contributed by atoms with Crippen molar-refractivity contribution in [3.05, 3.63) is 0 Å². The van der Waals surface area contributed by atoms with E-state index >= 15 is 0 Å². The molecule has 7 N–H and O–H groups in total. The molecule has 0 radical (unpaired) electrons. The summed E-state index contributed by atoms with van der Waals surface area (Å²) in [5.74, 6) is 0.728. The van der Waals surface area contributed by atoms with E-state index in [-0.39, 0.29) is 18.5 Å². The van der Waals surface area contributed by atoms with Gasteiger partial charge in [0.2, 0.25) is 6.41 Å². The molecule has 11 heteroatoms. The van der Waals surface area contributed by atoms with Crippen LogP contribution in [0.5, 0.6) is 0 Å². The molecule has 4 saturated heterocycles. The lowest BCUT2D eigenvalue weighted by Crippen LogP contribution is -2.77. The van der Waals surface area contributed by atoms with E-state index < -0.39 is 6.41 Å². The number of ether oxygens (including phenoxy) is 2. The molecular weight excluding hydrogens is 460 g/mol. The molecule has 0 saturated carbocycles.